The molecule has 1 amide bonds. The molecule has 1 unspecified atom stereocenters. The number of benzene rings is 2. The molecule has 4 nitrogen and oxygen atoms in total. The molecule has 0 spiro atoms. The van der Waals surface area contributed by atoms with Crippen molar-refractivity contribution in [3.63, 3.8) is 0 Å². The maximum Gasteiger partial charge on any atom is 0.237 e. The maximum absolute atomic E-state index is 14.1. The Balaban J connectivity index is 0.00000225. The van der Waals surface area contributed by atoms with Gasteiger partial charge in [0.05, 0.1) is 6.04 Å². The van der Waals surface area contributed by atoms with E-state index in [1.165, 1.54) is 30.3 Å². The summed E-state index contributed by atoms with van der Waals surface area (Å²) in [5.41, 5.74) is 0.611. The fraction of sp³-hybridized carbons (Fsp3) is 0.278. The Morgan fingerprint density at radius 1 is 1.16 bits per heavy atom. The first-order valence-electron chi connectivity index (χ1n) is 7.85. The Kier molecular flexibility index (Phi) is 6.73. The molecule has 1 saturated heterocycles. The lowest BCUT2D eigenvalue weighted by molar-refractivity contribution is -0.122. The van der Waals surface area contributed by atoms with Crippen LogP contribution in [-0.2, 0) is 11.3 Å². The predicted octanol–water partition coefficient (Wildman–Crippen LogP) is 3.55. The SMILES string of the molecule is Cl.O=C(NCc1ccc(Oc2ccccc2F)c(F)c1)C1CCCN1. The Bertz CT molecular complexity index is 737. The van der Waals surface area contributed by atoms with E-state index in [4.69, 9.17) is 4.74 Å². The van der Waals surface area contributed by atoms with E-state index in [-0.39, 0.29) is 42.4 Å². The zero-order valence-corrected chi connectivity index (χ0v) is 14.2. The lowest BCUT2D eigenvalue weighted by atomic mass is 10.2. The van der Waals surface area contributed by atoms with Crippen LogP contribution in [-0.4, -0.2) is 18.5 Å². The van der Waals surface area contributed by atoms with Crippen LogP contribution < -0.4 is 15.4 Å². The van der Waals surface area contributed by atoms with Gasteiger partial charge in [-0.15, -0.1) is 12.4 Å². The smallest absolute Gasteiger partial charge is 0.237 e. The number of para-hydroxylation sites is 1. The third kappa shape index (κ3) is 4.90. The molecule has 2 aromatic carbocycles. The quantitative estimate of drug-likeness (QED) is 0.848. The van der Waals surface area contributed by atoms with Gasteiger partial charge >= 0.3 is 0 Å². The van der Waals surface area contributed by atoms with Gasteiger partial charge in [-0.1, -0.05) is 18.2 Å². The van der Waals surface area contributed by atoms with Crippen molar-refractivity contribution in [3.05, 3.63) is 59.7 Å². The summed E-state index contributed by atoms with van der Waals surface area (Å²) < 4.78 is 32.9. The van der Waals surface area contributed by atoms with Crippen LogP contribution in [0.3, 0.4) is 0 Å². The fourth-order valence-corrected chi connectivity index (χ4v) is 2.60. The van der Waals surface area contributed by atoms with Crippen LogP contribution in [0.2, 0.25) is 0 Å². The second-order valence-corrected chi connectivity index (χ2v) is 5.66. The van der Waals surface area contributed by atoms with E-state index >= 15 is 0 Å². The Labute approximate surface area is 151 Å². The molecular weight excluding hydrogens is 350 g/mol. The summed E-state index contributed by atoms with van der Waals surface area (Å²) in [6, 6.07) is 9.99. The molecule has 2 aromatic rings. The average Bonchev–Trinajstić information content (AvgIpc) is 3.11. The van der Waals surface area contributed by atoms with Crippen molar-refractivity contribution >= 4 is 18.3 Å². The lowest BCUT2D eigenvalue weighted by Gasteiger charge is -2.12. The predicted molar refractivity (Wildman–Crippen MR) is 93.0 cm³/mol. The van der Waals surface area contributed by atoms with E-state index in [0.717, 1.165) is 19.4 Å². The van der Waals surface area contributed by atoms with E-state index < -0.39 is 11.6 Å². The lowest BCUT2D eigenvalue weighted by Crippen LogP contribution is -2.40. The Morgan fingerprint density at radius 3 is 2.60 bits per heavy atom. The molecule has 1 heterocycles. The monoisotopic (exact) mass is 368 g/mol. The summed E-state index contributed by atoms with van der Waals surface area (Å²) in [6.45, 7) is 1.07. The number of halogens is 3. The van der Waals surface area contributed by atoms with Crippen molar-refractivity contribution in [2.45, 2.75) is 25.4 Å². The summed E-state index contributed by atoms with van der Waals surface area (Å²) in [5, 5.41) is 5.88. The van der Waals surface area contributed by atoms with E-state index in [0.29, 0.717) is 5.56 Å². The minimum Gasteiger partial charge on any atom is -0.451 e. The number of ether oxygens (including phenoxy) is 1. The first kappa shape index (κ1) is 19.1. The zero-order valence-electron chi connectivity index (χ0n) is 13.4. The van der Waals surface area contributed by atoms with Gasteiger partial charge in [0.1, 0.15) is 0 Å². The van der Waals surface area contributed by atoms with Crippen LogP contribution in [0.5, 0.6) is 11.5 Å². The van der Waals surface area contributed by atoms with Gasteiger partial charge in [-0.25, -0.2) is 8.78 Å². The minimum atomic E-state index is -0.607. The molecule has 1 atom stereocenters. The molecule has 0 saturated carbocycles. The number of carbonyl (C=O) groups is 1. The number of amides is 1. The molecule has 25 heavy (non-hydrogen) atoms. The van der Waals surface area contributed by atoms with Gasteiger partial charge in [-0.2, -0.15) is 0 Å². The molecule has 0 aliphatic carbocycles. The van der Waals surface area contributed by atoms with E-state index in [2.05, 4.69) is 10.6 Å². The normalized spacial score (nSPS) is 16.2. The van der Waals surface area contributed by atoms with Gasteiger partial charge < -0.3 is 15.4 Å². The zero-order chi connectivity index (χ0) is 16.9. The van der Waals surface area contributed by atoms with E-state index in [1.807, 2.05) is 0 Å². The Morgan fingerprint density at radius 2 is 1.92 bits per heavy atom. The van der Waals surface area contributed by atoms with Crippen molar-refractivity contribution in [2.24, 2.45) is 0 Å². The first-order valence-corrected chi connectivity index (χ1v) is 7.85. The van der Waals surface area contributed by atoms with Crippen LogP contribution in [0.1, 0.15) is 18.4 Å². The highest BCUT2D eigenvalue weighted by Crippen LogP contribution is 2.27. The number of hydrogen-bond acceptors (Lipinski definition) is 3. The average molecular weight is 369 g/mol. The summed E-state index contributed by atoms with van der Waals surface area (Å²) in [4.78, 5) is 11.9. The third-order valence-corrected chi connectivity index (χ3v) is 3.90. The van der Waals surface area contributed by atoms with Crippen LogP contribution >= 0.6 is 12.4 Å². The van der Waals surface area contributed by atoms with Gasteiger partial charge in [-0.05, 0) is 49.2 Å². The first-order chi connectivity index (χ1) is 11.6. The number of carbonyl (C=O) groups excluding carboxylic acids is 1. The molecule has 1 aliphatic heterocycles. The highest BCUT2D eigenvalue weighted by molar-refractivity contribution is 5.85. The van der Waals surface area contributed by atoms with Crippen LogP contribution in [0.15, 0.2) is 42.5 Å². The van der Waals surface area contributed by atoms with Crippen molar-refractivity contribution in [3.8, 4) is 11.5 Å². The van der Waals surface area contributed by atoms with Gasteiger partial charge in [0.2, 0.25) is 5.91 Å². The number of hydrogen-bond donors (Lipinski definition) is 2. The molecule has 0 radical (unpaired) electrons. The van der Waals surface area contributed by atoms with Gasteiger partial charge in [0.25, 0.3) is 0 Å². The van der Waals surface area contributed by atoms with Crippen LogP contribution in [0.25, 0.3) is 0 Å². The molecular formula is C18H19ClF2N2O2. The number of rotatable bonds is 5. The summed E-state index contributed by atoms with van der Waals surface area (Å²) >= 11 is 0. The van der Waals surface area contributed by atoms with Gasteiger partial charge in [0, 0.05) is 6.54 Å². The Hall–Kier alpha value is -2.18. The standard InChI is InChI=1S/C18H18F2N2O2.ClH/c19-13-4-1-2-6-16(13)24-17-8-7-12(10-14(17)20)11-22-18(23)15-5-3-9-21-15;/h1-2,4,6-8,10,15,21H,3,5,9,11H2,(H,22,23);1H. The summed E-state index contributed by atoms with van der Waals surface area (Å²) in [5.74, 6) is -1.35. The second-order valence-electron chi connectivity index (χ2n) is 5.66. The molecule has 134 valence electrons. The van der Waals surface area contributed by atoms with Crippen molar-refractivity contribution < 1.29 is 18.3 Å². The molecule has 0 aromatic heterocycles. The molecule has 3 rings (SSSR count). The maximum atomic E-state index is 14.1. The van der Waals surface area contributed by atoms with Gasteiger partial charge in [-0.3, -0.25) is 4.79 Å². The summed E-state index contributed by atoms with van der Waals surface area (Å²) in [6.07, 6.45) is 1.80. The van der Waals surface area contributed by atoms with Crippen LogP contribution in [0, 0.1) is 11.6 Å². The molecule has 0 bridgehead atoms. The molecule has 1 fully saturated rings. The minimum absolute atomic E-state index is 0. The molecule has 1 aliphatic rings. The largest absolute Gasteiger partial charge is 0.451 e. The highest BCUT2D eigenvalue weighted by Gasteiger charge is 2.21. The van der Waals surface area contributed by atoms with Crippen LogP contribution in [0.4, 0.5) is 8.78 Å². The van der Waals surface area contributed by atoms with Crippen molar-refractivity contribution in [1.29, 1.82) is 0 Å². The van der Waals surface area contributed by atoms with Gasteiger partial charge in [0.15, 0.2) is 23.1 Å². The van der Waals surface area contributed by atoms with E-state index in [9.17, 15) is 13.6 Å². The van der Waals surface area contributed by atoms with Crippen molar-refractivity contribution in [2.75, 3.05) is 6.54 Å². The highest BCUT2D eigenvalue weighted by atomic mass is 35.5. The second kappa shape index (κ2) is 8.78. The molecule has 2 N–H and O–H groups in total. The van der Waals surface area contributed by atoms with Crippen molar-refractivity contribution in [1.82, 2.24) is 10.6 Å². The summed E-state index contributed by atoms with van der Waals surface area (Å²) in [7, 11) is 0. The fourth-order valence-electron chi connectivity index (χ4n) is 2.60. The number of nitrogens with one attached hydrogen (secondary N) is 2. The topological polar surface area (TPSA) is 50.4 Å². The third-order valence-electron chi connectivity index (χ3n) is 3.90. The van der Waals surface area contributed by atoms with E-state index in [1.54, 1.807) is 12.1 Å². The molecule has 7 heteroatoms.